The van der Waals surface area contributed by atoms with Crippen LogP contribution in [0.15, 0.2) is 24.3 Å². The van der Waals surface area contributed by atoms with Crippen LogP contribution in [0.3, 0.4) is 0 Å². The lowest BCUT2D eigenvalue weighted by molar-refractivity contribution is 0.490. The monoisotopic (exact) mass is 338 g/mol. The van der Waals surface area contributed by atoms with Crippen LogP contribution in [0.4, 0.5) is 4.39 Å². The first-order valence-corrected chi connectivity index (χ1v) is 9.35. The van der Waals surface area contributed by atoms with Gasteiger partial charge in [-0.25, -0.2) is 31.1 Å². The van der Waals surface area contributed by atoms with Gasteiger partial charge in [-0.05, 0) is 38.5 Å². The van der Waals surface area contributed by atoms with Crippen molar-refractivity contribution in [2.75, 3.05) is 5.75 Å². The van der Waals surface area contributed by atoms with Gasteiger partial charge in [-0.3, -0.25) is 0 Å². The molecule has 0 aliphatic heterocycles. The van der Waals surface area contributed by atoms with Crippen molar-refractivity contribution in [1.82, 2.24) is 4.72 Å². The molecule has 0 fully saturated rings. The summed E-state index contributed by atoms with van der Waals surface area (Å²) in [5.74, 6) is -1.28. The number of sulfonamides is 2. The highest BCUT2D eigenvalue weighted by molar-refractivity contribution is 7.93. The summed E-state index contributed by atoms with van der Waals surface area (Å²) >= 11 is 0. The molecule has 0 radical (unpaired) electrons. The van der Waals surface area contributed by atoms with E-state index in [-0.39, 0.29) is 5.56 Å². The van der Waals surface area contributed by atoms with Crippen LogP contribution in [-0.2, 0) is 20.0 Å². The molecule has 3 N–H and O–H groups in total. The molecule has 0 aromatic heterocycles. The molecule has 1 rings (SSSR count). The average molecular weight is 338 g/mol. The largest absolute Gasteiger partial charge is 0.228 e. The van der Waals surface area contributed by atoms with Crippen molar-refractivity contribution in [2.45, 2.75) is 31.6 Å². The minimum atomic E-state index is -4.16. The fourth-order valence-electron chi connectivity index (χ4n) is 1.77. The van der Waals surface area contributed by atoms with Crippen LogP contribution in [0.25, 0.3) is 0 Å². The first kappa shape index (κ1) is 18.0. The fraction of sp³-hybridized carbons (Fsp3) is 0.500. The summed E-state index contributed by atoms with van der Waals surface area (Å²) in [5, 5.41) is 3.65. The Morgan fingerprint density at radius 2 is 1.62 bits per heavy atom. The van der Waals surface area contributed by atoms with Crippen molar-refractivity contribution >= 4 is 20.0 Å². The lowest BCUT2D eigenvalue weighted by Crippen LogP contribution is -2.44. The van der Waals surface area contributed by atoms with Crippen LogP contribution in [0, 0.1) is 5.82 Å². The number of rotatable bonds is 5. The molecule has 0 aliphatic carbocycles. The van der Waals surface area contributed by atoms with E-state index in [1.807, 2.05) is 0 Å². The topological polar surface area (TPSA) is 106 Å². The van der Waals surface area contributed by atoms with E-state index in [2.05, 4.69) is 4.72 Å². The zero-order chi connectivity index (χ0) is 16.5. The summed E-state index contributed by atoms with van der Waals surface area (Å²) in [5.41, 5.74) is -0.622. The minimum Gasteiger partial charge on any atom is -0.228 e. The van der Waals surface area contributed by atoms with Gasteiger partial charge in [0.05, 0.1) is 5.75 Å². The van der Waals surface area contributed by atoms with E-state index in [4.69, 9.17) is 5.14 Å². The van der Waals surface area contributed by atoms with E-state index in [0.29, 0.717) is 0 Å². The summed E-state index contributed by atoms with van der Waals surface area (Å²) in [6.45, 7) is 4.90. The SMILES string of the molecule is CC(C)(C)NS(=O)(=O)CC(c1ccc(F)cc1)S(N)(=O)=O. The van der Waals surface area contributed by atoms with Crippen molar-refractivity contribution in [3.63, 3.8) is 0 Å². The zero-order valence-corrected chi connectivity index (χ0v) is 13.6. The minimum absolute atomic E-state index is 0.123. The highest BCUT2D eigenvalue weighted by Crippen LogP contribution is 2.23. The second kappa shape index (κ2) is 5.99. The number of nitrogens with two attached hydrogens (primary N) is 1. The van der Waals surface area contributed by atoms with Crippen LogP contribution in [0.2, 0.25) is 0 Å². The normalized spacial score (nSPS) is 14.9. The van der Waals surface area contributed by atoms with Gasteiger partial charge in [0, 0.05) is 5.54 Å². The maximum absolute atomic E-state index is 12.9. The van der Waals surface area contributed by atoms with Gasteiger partial charge in [0.25, 0.3) is 0 Å². The van der Waals surface area contributed by atoms with E-state index in [9.17, 15) is 21.2 Å². The Morgan fingerprint density at radius 3 is 2.00 bits per heavy atom. The molecule has 0 spiro atoms. The van der Waals surface area contributed by atoms with E-state index < -0.39 is 42.4 Å². The average Bonchev–Trinajstić information content (AvgIpc) is 2.22. The number of benzene rings is 1. The summed E-state index contributed by atoms with van der Waals surface area (Å²) < 4.78 is 62.6. The lowest BCUT2D eigenvalue weighted by Gasteiger charge is -2.22. The molecular formula is C12H19FN2O4S2. The molecule has 1 aromatic carbocycles. The summed E-state index contributed by atoms with van der Waals surface area (Å²) in [6, 6.07) is 4.52. The number of halogens is 1. The van der Waals surface area contributed by atoms with Crippen LogP contribution >= 0.6 is 0 Å². The highest BCUT2D eigenvalue weighted by Gasteiger charge is 2.31. The molecule has 0 heterocycles. The molecule has 0 saturated carbocycles. The molecule has 0 aliphatic rings. The van der Waals surface area contributed by atoms with Gasteiger partial charge in [-0.15, -0.1) is 0 Å². The van der Waals surface area contributed by atoms with Gasteiger partial charge in [-0.2, -0.15) is 0 Å². The van der Waals surface area contributed by atoms with Gasteiger partial charge < -0.3 is 0 Å². The lowest BCUT2D eigenvalue weighted by atomic mass is 10.1. The van der Waals surface area contributed by atoms with Gasteiger partial charge in [0.1, 0.15) is 11.1 Å². The fourth-order valence-corrected chi connectivity index (χ4v) is 5.21. The molecule has 120 valence electrons. The van der Waals surface area contributed by atoms with Crippen molar-refractivity contribution in [3.05, 3.63) is 35.6 Å². The quantitative estimate of drug-likeness (QED) is 0.831. The Balaban J connectivity index is 3.15. The van der Waals surface area contributed by atoms with Crippen LogP contribution in [-0.4, -0.2) is 28.1 Å². The van der Waals surface area contributed by atoms with E-state index in [1.165, 1.54) is 12.1 Å². The Labute approximate surface area is 124 Å². The molecule has 0 amide bonds. The second-order valence-corrected chi connectivity index (χ2v) is 9.28. The van der Waals surface area contributed by atoms with Gasteiger partial charge in [0.15, 0.2) is 0 Å². The third kappa shape index (κ3) is 6.08. The second-order valence-electron chi connectivity index (χ2n) is 5.76. The Bertz CT molecular complexity index is 692. The Morgan fingerprint density at radius 1 is 1.14 bits per heavy atom. The molecule has 1 atom stereocenters. The summed E-state index contributed by atoms with van der Waals surface area (Å²) in [7, 11) is -8.04. The Kier molecular flexibility index (Phi) is 5.14. The molecule has 1 aromatic rings. The number of primary sulfonamides is 1. The third-order valence-electron chi connectivity index (χ3n) is 2.47. The maximum atomic E-state index is 12.9. The molecule has 1 unspecified atom stereocenters. The summed E-state index contributed by atoms with van der Waals surface area (Å²) in [4.78, 5) is 0. The number of nitrogens with one attached hydrogen (secondary N) is 1. The predicted octanol–water partition coefficient (Wildman–Crippen LogP) is 0.873. The number of hydrogen-bond acceptors (Lipinski definition) is 4. The van der Waals surface area contributed by atoms with E-state index in [1.54, 1.807) is 20.8 Å². The van der Waals surface area contributed by atoms with Crippen molar-refractivity contribution in [1.29, 1.82) is 0 Å². The van der Waals surface area contributed by atoms with Crippen molar-refractivity contribution in [2.24, 2.45) is 5.14 Å². The molecule has 0 bridgehead atoms. The van der Waals surface area contributed by atoms with E-state index in [0.717, 1.165) is 12.1 Å². The molecule has 0 saturated heterocycles. The Hall–Kier alpha value is -1.03. The van der Waals surface area contributed by atoms with E-state index >= 15 is 0 Å². The third-order valence-corrected chi connectivity index (χ3v) is 5.61. The van der Waals surface area contributed by atoms with Crippen LogP contribution in [0.1, 0.15) is 31.6 Å². The highest BCUT2D eigenvalue weighted by atomic mass is 32.2. The summed E-state index contributed by atoms with van der Waals surface area (Å²) in [6.07, 6.45) is 0. The zero-order valence-electron chi connectivity index (χ0n) is 12.0. The predicted molar refractivity (Wildman–Crippen MR) is 78.9 cm³/mol. The van der Waals surface area contributed by atoms with Gasteiger partial charge >= 0.3 is 0 Å². The van der Waals surface area contributed by atoms with Crippen LogP contribution in [0.5, 0.6) is 0 Å². The molecule has 9 heteroatoms. The van der Waals surface area contributed by atoms with Gasteiger partial charge in [-0.1, -0.05) is 12.1 Å². The standard InChI is InChI=1S/C12H19FN2O4S2/c1-12(2,3)15-20(16,17)8-11(21(14,18)19)9-4-6-10(13)7-5-9/h4-7,11,15H,8H2,1-3H3,(H2,14,18,19). The first-order valence-electron chi connectivity index (χ1n) is 6.09. The molecular weight excluding hydrogens is 319 g/mol. The van der Waals surface area contributed by atoms with Crippen LogP contribution < -0.4 is 9.86 Å². The first-order chi connectivity index (χ1) is 9.30. The van der Waals surface area contributed by atoms with Gasteiger partial charge in [0.2, 0.25) is 20.0 Å². The number of hydrogen-bond donors (Lipinski definition) is 2. The van der Waals surface area contributed by atoms with Crippen molar-refractivity contribution < 1.29 is 21.2 Å². The molecule has 6 nitrogen and oxygen atoms in total. The maximum Gasteiger partial charge on any atom is 0.217 e. The van der Waals surface area contributed by atoms with Crippen molar-refractivity contribution in [3.8, 4) is 0 Å². The smallest absolute Gasteiger partial charge is 0.217 e. The molecule has 21 heavy (non-hydrogen) atoms.